The molecule has 1 aromatic carbocycles. The molecule has 0 amide bonds. The van der Waals surface area contributed by atoms with Crippen molar-refractivity contribution in [2.24, 2.45) is 0 Å². The van der Waals surface area contributed by atoms with Crippen LogP contribution in [-0.2, 0) is 6.18 Å². The fourth-order valence-corrected chi connectivity index (χ4v) is 2.07. The van der Waals surface area contributed by atoms with Gasteiger partial charge in [0.15, 0.2) is 0 Å². The van der Waals surface area contributed by atoms with Gasteiger partial charge in [0, 0.05) is 21.4 Å². The van der Waals surface area contributed by atoms with Crippen LogP contribution in [0, 0.1) is 0 Å². The first kappa shape index (κ1) is 14.1. The van der Waals surface area contributed by atoms with Crippen molar-refractivity contribution in [1.29, 1.82) is 0 Å². The summed E-state index contributed by atoms with van der Waals surface area (Å²) < 4.78 is 38.7. The van der Waals surface area contributed by atoms with E-state index < -0.39 is 11.7 Å². The molecular weight excluding hydrogens is 344 g/mol. The van der Waals surface area contributed by atoms with Gasteiger partial charge < -0.3 is 5.32 Å². The second-order valence-corrected chi connectivity index (χ2v) is 5.10. The minimum absolute atomic E-state index is 0.0141. The van der Waals surface area contributed by atoms with E-state index in [0.29, 0.717) is 5.69 Å². The van der Waals surface area contributed by atoms with Gasteiger partial charge in [0.2, 0.25) is 0 Å². The summed E-state index contributed by atoms with van der Waals surface area (Å²) in [5.41, 5.74) is 0.00921. The monoisotopic (exact) mass is 350 g/mol. The van der Waals surface area contributed by atoms with Gasteiger partial charge in [-0.15, -0.1) is 0 Å². The highest BCUT2D eigenvalue weighted by Gasteiger charge is 2.31. The zero-order valence-electron chi connectivity index (χ0n) is 9.30. The Hall–Kier alpha value is -1.27. The lowest BCUT2D eigenvalue weighted by atomic mass is 10.2. The van der Waals surface area contributed by atoms with Crippen LogP contribution in [0.15, 0.2) is 41.1 Å². The fraction of sp³-hybridized carbons (Fsp3) is 0.0833. The summed E-state index contributed by atoms with van der Waals surface area (Å²) >= 11 is 8.92. The van der Waals surface area contributed by atoms with Crippen LogP contribution in [0.5, 0.6) is 0 Å². The molecule has 2 rings (SSSR count). The number of halogens is 5. The quantitative estimate of drug-likeness (QED) is 0.798. The van der Waals surface area contributed by atoms with Crippen LogP contribution in [0.4, 0.5) is 24.5 Å². The number of hydrogen-bond acceptors (Lipinski definition) is 2. The van der Waals surface area contributed by atoms with E-state index >= 15 is 0 Å². The van der Waals surface area contributed by atoms with Crippen LogP contribution in [0.2, 0.25) is 5.02 Å². The molecule has 1 N–H and O–H groups in total. The van der Waals surface area contributed by atoms with E-state index in [2.05, 4.69) is 26.2 Å². The summed E-state index contributed by atoms with van der Waals surface area (Å²) in [5.74, 6) is 0. The molecule has 0 saturated carbocycles. The molecule has 1 aromatic heterocycles. The molecule has 0 bridgehead atoms. The number of benzene rings is 1. The van der Waals surface area contributed by atoms with Crippen LogP contribution in [-0.4, -0.2) is 4.98 Å². The smallest absolute Gasteiger partial charge is 0.354 e. The number of alkyl halides is 3. The van der Waals surface area contributed by atoms with Gasteiger partial charge >= 0.3 is 6.18 Å². The van der Waals surface area contributed by atoms with Gasteiger partial charge in [0.25, 0.3) is 0 Å². The number of pyridine rings is 1. The molecule has 0 atom stereocenters. The van der Waals surface area contributed by atoms with Crippen molar-refractivity contribution >= 4 is 38.9 Å². The lowest BCUT2D eigenvalue weighted by Gasteiger charge is -2.11. The molecule has 7 heteroatoms. The Bertz CT molecular complexity index is 602. The number of anilines is 2. The number of rotatable bonds is 2. The maximum atomic E-state index is 12.6. The van der Waals surface area contributed by atoms with Gasteiger partial charge in [0.05, 0.1) is 17.4 Å². The van der Waals surface area contributed by atoms with Crippen molar-refractivity contribution in [3.8, 4) is 0 Å². The van der Waals surface area contributed by atoms with Crippen molar-refractivity contribution < 1.29 is 13.2 Å². The van der Waals surface area contributed by atoms with E-state index in [9.17, 15) is 13.2 Å². The van der Waals surface area contributed by atoms with Gasteiger partial charge in [-0.25, -0.2) is 0 Å². The van der Waals surface area contributed by atoms with Gasteiger partial charge in [-0.05, 0) is 40.2 Å². The highest BCUT2D eigenvalue weighted by molar-refractivity contribution is 9.10. The van der Waals surface area contributed by atoms with Crippen LogP contribution in [0.25, 0.3) is 0 Å². The van der Waals surface area contributed by atoms with Gasteiger partial charge in [-0.1, -0.05) is 11.6 Å². The molecule has 0 aliphatic heterocycles. The van der Waals surface area contributed by atoms with Crippen molar-refractivity contribution in [1.82, 2.24) is 4.98 Å². The molecule has 0 aliphatic rings. The third-order valence-electron chi connectivity index (χ3n) is 2.22. The molecule has 0 unspecified atom stereocenters. The Balaban J connectivity index is 2.33. The van der Waals surface area contributed by atoms with E-state index in [1.807, 2.05) is 0 Å². The number of aromatic nitrogens is 1. The molecule has 100 valence electrons. The third-order valence-corrected chi connectivity index (χ3v) is 2.87. The van der Waals surface area contributed by atoms with E-state index in [4.69, 9.17) is 11.6 Å². The van der Waals surface area contributed by atoms with Gasteiger partial charge in [-0.3, -0.25) is 4.98 Å². The first-order valence-corrected chi connectivity index (χ1v) is 6.27. The normalized spacial score (nSPS) is 11.4. The summed E-state index contributed by atoms with van der Waals surface area (Å²) in [6.07, 6.45) is -1.36. The summed E-state index contributed by atoms with van der Waals surface area (Å²) in [6, 6.07) is 4.98. The third kappa shape index (κ3) is 3.84. The Morgan fingerprint density at radius 2 is 1.79 bits per heavy atom. The van der Waals surface area contributed by atoms with Crippen molar-refractivity contribution in [2.45, 2.75) is 6.18 Å². The molecule has 2 nitrogen and oxygen atoms in total. The highest BCUT2D eigenvalue weighted by atomic mass is 79.9. The second kappa shape index (κ2) is 5.38. The van der Waals surface area contributed by atoms with Crippen LogP contribution in [0.1, 0.15) is 5.56 Å². The van der Waals surface area contributed by atoms with Gasteiger partial charge in [-0.2, -0.15) is 13.2 Å². The van der Waals surface area contributed by atoms with Crippen LogP contribution < -0.4 is 5.32 Å². The number of nitrogens with zero attached hydrogens (tertiary/aromatic N) is 1. The maximum absolute atomic E-state index is 12.6. The average molecular weight is 352 g/mol. The first-order chi connectivity index (χ1) is 8.84. The zero-order valence-corrected chi connectivity index (χ0v) is 11.6. The van der Waals surface area contributed by atoms with Crippen LogP contribution >= 0.6 is 27.5 Å². The lowest BCUT2D eigenvalue weighted by molar-refractivity contribution is -0.137. The largest absolute Gasteiger partial charge is 0.416 e. The van der Waals surface area contributed by atoms with E-state index in [0.717, 1.165) is 16.6 Å². The Morgan fingerprint density at radius 3 is 2.42 bits per heavy atom. The predicted octanol–water partition coefficient (Wildman–Crippen LogP) is 5.26. The molecule has 0 spiro atoms. The molecule has 19 heavy (non-hydrogen) atoms. The topological polar surface area (TPSA) is 24.9 Å². The SMILES string of the molecule is FC(F)(F)c1cc(Cl)cc(Nc2cncc(Br)c2)c1. The molecular formula is C12H7BrClF3N2. The minimum Gasteiger partial charge on any atom is -0.354 e. The Morgan fingerprint density at radius 1 is 1.05 bits per heavy atom. The summed E-state index contributed by atoms with van der Waals surface area (Å²) in [5, 5.41) is 2.84. The Labute approximate surface area is 120 Å². The molecule has 0 aliphatic carbocycles. The summed E-state index contributed by atoms with van der Waals surface area (Å²) in [4.78, 5) is 3.91. The van der Waals surface area contributed by atoms with Crippen LogP contribution in [0.3, 0.4) is 0 Å². The number of nitrogens with one attached hydrogen (secondary N) is 1. The highest BCUT2D eigenvalue weighted by Crippen LogP contribution is 2.34. The summed E-state index contributed by atoms with van der Waals surface area (Å²) in [6.45, 7) is 0. The van der Waals surface area contributed by atoms with E-state index in [1.54, 1.807) is 12.3 Å². The average Bonchev–Trinajstić information content (AvgIpc) is 2.26. The second-order valence-electron chi connectivity index (χ2n) is 3.74. The molecule has 0 radical (unpaired) electrons. The minimum atomic E-state index is -4.43. The number of hydrogen-bond donors (Lipinski definition) is 1. The standard InChI is InChI=1S/C12H7BrClF3N2/c13-8-3-11(6-18-5-8)19-10-2-7(12(15,16)17)1-9(14)4-10/h1-6,19H. The van der Waals surface area contributed by atoms with Gasteiger partial charge in [0.1, 0.15) is 0 Å². The fourth-order valence-electron chi connectivity index (χ4n) is 1.47. The van der Waals surface area contributed by atoms with Crippen molar-refractivity contribution in [3.05, 3.63) is 51.7 Å². The van der Waals surface area contributed by atoms with Crippen molar-refractivity contribution in [2.75, 3.05) is 5.32 Å². The lowest BCUT2D eigenvalue weighted by Crippen LogP contribution is -2.05. The molecule has 0 saturated heterocycles. The predicted molar refractivity (Wildman–Crippen MR) is 71.7 cm³/mol. The zero-order chi connectivity index (χ0) is 14.0. The molecule has 2 aromatic rings. The molecule has 1 heterocycles. The molecule has 0 fully saturated rings. The van der Waals surface area contributed by atoms with E-state index in [1.165, 1.54) is 12.3 Å². The maximum Gasteiger partial charge on any atom is 0.416 e. The van der Waals surface area contributed by atoms with Crippen molar-refractivity contribution in [3.63, 3.8) is 0 Å². The summed E-state index contributed by atoms with van der Waals surface area (Å²) in [7, 11) is 0. The Kier molecular flexibility index (Phi) is 4.01. The van der Waals surface area contributed by atoms with E-state index in [-0.39, 0.29) is 10.7 Å². The first-order valence-electron chi connectivity index (χ1n) is 5.10.